The molecule has 3 N–H and O–H groups in total. The molecule has 1 aromatic heterocycles. The summed E-state index contributed by atoms with van der Waals surface area (Å²) in [5.74, 6) is -0.121. The van der Waals surface area contributed by atoms with E-state index in [1.54, 1.807) is 24.4 Å². The van der Waals surface area contributed by atoms with Gasteiger partial charge in [0.05, 0.1) is 13.7 Å². The molecule has 7 heteroatoms. The highest BCUT2D eigenvalue weighted by molar-refractivity contribution is 5.81. The number of rotatable bonds is 7. The van der Waals surface area contributed by atoms with Crippen molar-refractivity contribution in [1.82, 2.24) is 15.7 Å². The monoisotopic (exact) mass is 280 g/mol. The van der Waals surface area contributed by atoms with Gasteiger partial charge in [0, 0.05) is 6.20 Å². The molecular weight excluding hydrogens is 260 g/mol. The predicted octanol–water partition coefficient (Wildman–Crippen LogP) is 0.312. The highest BCUT2D eigenvalue weighted by Crippen LogP contribution is 2.03. The topological polar surface area (TPSA) is 92.3 Å². The number of hydrogen-bond donors (Lipinski definition) is 3. The number of carbonyl (C=O) groups is 2. The van der Waals surface area contributed by atoms with Crippen molar-refractivity contribution in [3.63, 3.8) is 0 Å². The summed E-state index contributed by atoms with van der Waals surface area (Å²) in [7, 11) is 1.32. The Labute approximate surface area is 118 Å². The number of ether oxygens (including phenoxy) is 1. The van der Waals surface area contributed by atoms with Crippen molar-refractivity contribution in [3.05, 3.63) is 24.4 Å². The van der Waals surface area contributed by atoms with Gasteiger partial charge < -0.3 is 4.74 Å². The molecule has 1 atom stereocenters. The number of nitrogens with one attached hydrogen (secondary N) is 3. The Morgan fingerprint density at radius 3 is 2.65 bits per heavy atom. The van der Waals surface area contributed by atoms with Crippen molar-refractivity contribution < 1.29 is 14.3 Å². The van der Waals surface area contributed by atoms with Crippen LogP contribution in [0.2, 0.25) is 0 Å². The summed E-state index contributed by atoms with van der Waals surface area (Å²) in [5, 5.41) is 2.86. The Bertz CT molecular complexity index is 437. The average Bonchev–Trinajstić information content (AvgIpc) is 2.45. The molecule has 0 fully saturated rings. The van der Waals surface area contributed by atoms with Crippen LogP contribution in [0.4, 0.5) is 5.82 Å². The molecule has 1 aromatic rings. The zero-order chi connectivity index (χ0) is 15.0. The Kier molecular flexibility index (Phi) is 6.45. The van der Waals surface area contributed by atoms with E-state index in [0.717, 1.165) is 0 Å². The normalized spacial score (nSPS) is 11.8. The van der Waals surface area contributed by atoms with Gasteiger partial charge in [-0.3, -0.25) is 25.8 Å². The van der Waals surface area contributed by atoms with Crippen molar-refractivity contribution in [1.29, 1.82) is 0 Å². The number of hydrogen-bond acceptors (Lipinski definition) is 6. The lowest BCUT2D eigenvalue weighted by atomic mass is 10.0. The van der Waals surface area contributed by atoms with Gasteiger partial charge in [-0.25, -0.2) is 4.98 Å². The molecule has 0 bridgehead atoms. The number of hydrazine groups is 1. The van der Waals surface area contributed by atoms with E-state index in [0.29, 0.717) is 5.82 Å². The second kappa shape index (κ2) is 8.11. The van der Waals surface area contributed by atoms with Crippen molar-refractivity contribution in [2.24, 2.45) is 5.92 Å². The summed E-state index contributed by atoms with van der Waals surface area (Å²) in [6.45, 7) is 3.75. The largest absolute Gasteiger partial charge is 0.468 e. The summed E-state index contributed by atoms with van der Waals surface area (Å²) >= 11 is 0. The van der Waals surface area contributed by atoms with Crippen molar-refractivity contribution >= 4 is 17.7 Å². The summed E-state index contributed by atoms with van der Waals surface area (Å²) in [4.78, 5) is 27.1. The fourth-order valence-corrected chi connectivity index (χ4v) is 1.54. The lowest BCUT2D eigenvalue weighted by molar-refractivity contribution is -0.144. The lowest BCUT2D eigenvalue weighted by Crippen LogP contribution is -2.47. The number of aromatic nitrogens is 1. The summed E-state index contributed by atoms with van der Waals surface area (Å²) in [6, 6.07) is 4.78. The number of carbonyl (C=O) groups excluding carboxylic acids is 2. The third-order valence-corrected chi connectivity index (χ3v) is 2.60. The van der Waals surface area contributed by atoms with Crippen LogP contribution in [0, 0.1) is 5.92 Å². The number of esters is 1. The van der Waals surface area contributed by atoms with E-state index in [4.69, 9.17) is 0 Å². The lowest BCUT2D eigenvalue weighted by Gasteiger charge is -2.19. The van der Waals surface area contributed by atoms with Crippen LogP contribution in [0.1, 0.15) is 13.8 Å². The number of anilines is 1. The highest BCUT2D eigenvalue weighted by Gasteiger charge is 2.22. The van der Waals surface area contributed by atoms with Gasteiger partial charge in [0.25, 0.3) is 5.91 Å². The Balaban J connectivity index is 2.36. The molecule has 0 saturated carbocycles. The van der Waals surface area contributed by atoms with Gasteiger partial charge in [-0.05, 0) is 18.1 Å². The molecule has 0 aliphatic heterocycles. The smallest absolute Gasteiger partial charge is 0.323 e. The first-order valence-electron chi connectivity index (χ1n) is 6.31. The quantitative estimate of drug-likeness (QED) is 0.492. The van der Waals surface area contributed by atoms with Crippen LogP contribution in [0.25, 0.3) is 0 Å². The SMILES string of the molecule is COC(=O)C(NCC(=O)NNc1ccccn1)C(C)C. The van der Waals surface area contributed by atoms with Gasteiger partial charge in [-0.2, -0.15) is 0 Å². The number of pyridine rings is 1. The molecule has 0 aliphatic rings. The third kappa shape index (κ3) is 5.23. The molecule has 1 heterocycles. The maximum Gasteiger partial charge on any atom is 0.323 e. The van der Waals surface area contributed by atoms with Gasteiger partial charge in [-0.15, -0.1) is 0 Å². The van der Waals surface area contributed by atoms with Crippen LogP contribution in [-0.2, 0) is 14.3 Å². The first-order valence-corrected chi connectivity index (χ1v) is 6.31. The standard InChI is InChI=1S/C13H20N4O3/c1-9(2)12(13(19)20-3)15-8-11(18)17-16-10-6-4-5-7-14-10/h4-7,9,12,15H,8H2,1-3H3,(H,14,16)(H,17,18). The molecular formula is C13H20N4O3. The molecule has 110 valence electrons. The van der Waals surface area contributed by atoms with E-state index in [1.165, 1.54) is 7.11 Å². The van der Waals surface area contributed by atoms with Gasteiger partial charge in [0.15, 0.2) is 0 Å². The second-order valence-electron chi connectivity index (χ2n) is 4.51. The average molecular weight is 280 g/mol. The second-order valence-corrected chi connectivity index (χ2v) is 4.51. The molecule has 1 unspecified atom stereocenters. The van der Waals surface area contributed by atoms with Crippen LogP contribution < -0.4 is 16.2 Å². The van der Waals surface area contributed by atoms with E-state index < -0.39 is 6.04 Å². The zero-order valence-corrected chi connectivity index (χ0v) is 11.8. The van der Waals surface area contributed by atoms with E-state index >= 15 is 0 Å². The Morgan fingerprint density at radius 1 is 1.35 bits per heavy atom. The molecule has 0 aromatic carbocycles. The third-order valence-electron chi connectivity index (χ3n) is 2.60. The molecule has 0 saturated heterocycles. The predicted molar refractivity (Wildman–Crippen MR) is 74.6 cm³/mol. The minimum absolute atomic E-state index is 0.00220. The minimum atomic E-state index is -0.513. The van der Waals surface area contributed by atoms with Crippen LogP contribution >= 0.6 is 0 Å². The number of methoxy groups -OCH3 is 1. The van der Waals surface area contributed by atoms with Crippen molar-refractivity contribution in [2.45, 2.75) is 19.9 Å². The summed E-state index contributed by atoms with van der Waals surface area (Å²) < 4.78 is 4.68. The van der Waals surface area contributed by atoms with Gasteiger partial charge in [0.2, 0.25) is 0 Å². The van der Waals surface area contributed by atoms with Gasteiger partial charge in [0.1, 0.15) is 11.9 Å². The van der Waals surface area contributed by atoms with Crippen LogP contribution in [0.15, 0.2) is 24.4 Å². The molecule has 1 rings (SSSR count). The van der Waals surface area contributed by atoms with Crippen LogP contribution in [0.3, 0.4) is 0 Å². The first kappa shape index (κ1) is 15.9. The maximum atomic E-state index is 11.6. The molecule has 0 radical (unpaired) electrons. The fraction of sp³-hybridized carbons (Fsp3) is 0.462. The fourth-order valence-electron chi connectivity index (χ4n) is 1.54. The highest BCUT2D eigenvalue weighted by atomic mass is 16.5. The van der Waals surface area contributed by atoms with Crippen LogP contribution in [0.5, 0.6) is 0 Å². The Hall–Kier alpha value is -2.15. The van der Waals surface area contributed by atoms with Crippen molar-refractivity contribution in [3.8, 4) is 0 Å². The van der Waals surface area contributed by atoms with E-state index in [9.17, 15) is 9.59 Å². The van der Waals surface area contributed by atoms with Gasteiger partial charge >= 0.3 is 5.97 Å². The maximum absolute atomic E-state index is 11.6. The zero-order valence-electron chi connectivity index (χ0n) is 11.8. The summed E-state index contributed by atoms with van der Waals surface area (Å²) in [6.07, 6.45) is 1.61. The molecule has 1 amide bonds. The number of nitrogens with zero attached hydrogens (tertiary/aromatic N) is 1. The van der Waals surface area contributed by atoms with E-state index in [1.807, 2.05) is 13.8 Å². The molecule has 0 spiro atoms. The first-order chi connectivity index (χ1) is 9.54. The van der Waals surface area contributed by atoms with Crippen molar-refractivity contribution in [2.75, 3.05) is 19.1 Å². The summed E-state index contributed by atoms with van der Waals surface area (Å²) in [5.41, 5.74) is 5.16. The number of amides is 1. The Morgan fingerprint density at radius 2 is 2.10 bits per heavy atom. The van der Waals surface area contributed by atoms with Gasteiger partial charge in [-0.1, -0.05) is 19.9 Å². The van der Waals surface area contributed by atoms with Crippen LogP contribution in [-0.4, -0.2) is 36.6 Å². The van der Waals surface area contributed by atoms with E-state index in [2.05, 4.69) is 25.9 Å². The van der Waals surface area contributed by atoms with E-state index in [-0.39, 0.29) is 24.3 Å². The molecule has 0 aliphatic carbocycles. The minimum Gasteiger partial charge on any atom is -0.468 e. The molecule has 20 heavy (non-hydrogen) atoms. The molecule has 7 nitrogen and oxygen atoms in total.